The Bertz CT molecular complexity index is 857. The Morgan fingerprint density at radius 1 is 0.640 bits per heavy atom. The van der Waals surface area contributed by atoms with Gasteiger partial charge in [0.25, 0.3) is 0 Å². The van der Waals surface area contributed by atoms with Gasteiger partial charge in [-0.3, -0.25) is 0 Å². The van der Waals surface area contributed by atoms with Crippen LogP contribution < -0.4 is 4.74 Å². The molecular weight excluding hydrogens is 312 g/mol. The molecule has 0 unspecified atom stereocenters. The van der Waals surface area contributed by atoms with Gasteiger partial charge in [0.1, 0.15) is 11.4 Å². The summed E-state index contributed by atoms with van der Waals surface area (Å²) in [7, 11) is 0. The molecule has 0 saturated heterocycles. The van der Waals surface area contributed by atoms with Crippen molar-refractivity contribution in [3.8, 4) is 39.5 Å². The summed E-state index contributed by atoms with van der Waals surface area (Å²) in [6.45, 7) is 5.85. The average molecular weight is 334 g/mol. The molecule has 0 aromatic heterocycles. The lowest BCUT2D eigenvalue weighted by atomic mass is 10.00. The SMILES string of the molecule is CC(C)(C)Oc1cc(-c2ccc(-c3ccc(O)cc3)cc2)ccc1O. The van der Waals surface area contributed by atoms with Crippen LogP contribution in [0.15, 0.2) is 66.7 Å². The van der Waals surface area contributed by atoms with Crippen molar-refractivity contribution in [1.29, 1.82) is 0 Å². The van der Waals surface area contributed by atoms with Gasteiger partial charge in [-0.15, -0.1) is 0 Å². The third kappa shape index (κ3) is 4.13. The Labute approximate surface area is 148 Å². The maximum atomic E-state index is 10.0. The van der Waals surface area contributed by atoms with Gasteiger partial charge in [0.2, 0.25) is 0 Å². The molecule has 3 aromatic carbocycles. The lowest BCUT2D eigenvalue weighted by Gasteiger charge is -2.22. The monoisotopic (exact) mass is 334 g/mol. The molecule has 0 saturated carbocycles. The quantitative estimate of drug-likeness (QED) is 0.654. The standard InChI is InChI=1S/C22H22O3/c1-22(2,3)25-21-14-18(10-13-20(21)24)17-6-4-15(5-7-17)16-8-11-19(23)12-9-16/h4-14,23-24H,1-3H3. The molecule has 128 valence electrons. The first-order chi connectivity index (χ1) is 11.8. The molecule has 0 bridgehead atoms. The number of hydrogen-bond acceptors (Lipinski definition) is 3. The average Bonchev–Trinajstić information content (AvgIpc) is 2.57. The molecule has 3 nitrogen and oxygen atoms in total. The van der Waals surface area contributed by atoms with E-state index in [1.165, 1.54) is 0 Å². The van der Waals surface area contributed by atoms with Gasteiger partial charge < -0.3 is 14.9 Å². The molecule has 0 aliphatic rings. The summed E-state index contributed by atoms with van der Waals surface area (Å²) in [5.74, 6) is 0.878. The zero-order chi connectivity index (χ0) is 18.0. The van der Waals surface area contributed by atoms with E-state index in [0.717, 1.165) is 22.3 Å². The predicted molar refractivity (Wildman–Crippen MR) is 101 cm³/mol. The van der Waals surface area contributed by atoms with Crippen LogP contribution in [0.3, 0.4) is 0 Å². The minimum atomic E-state index is -0.376. The van der Waals surface area contributed by atoms with Crippen LogP contribution in [0.5, 0.6) is 17.2 Å². The molecule has 2 N–H and O–H groups in total. The fraction of sp³-hybridized carbons (Fsp3) is 0.182. The summed E-state index contributed by atoms with van der Waals surface area (Å²) >= 11 is 0. The Balaban J connectivity index is 1.89. The fourth-order valence-corrected chi connectivity index (χ4v) is 2.61. The van der Waals surface area contributed by atoms with Gasteiger partial charge in [0.05, 0.1) is 0 Å². The Kier molecular flexibility index (Phi) is 4.41. The van der Waals surface area contributed by atoms with Gasteiger partial charge in [0, 0.05) is 0 Å². The smallest absolute Gasteiger partial charge is 0.162 e. The van der Waals surface area contributed by atoms with Crippen molar-refractivity contribution in [2.75, 3.05) is 0 Å². The maximum Gasteiger partial charge on any atom is 0.162 e. The van der Waals surface area contributed by atoms with E-state index >= 15 is 0 Å². The topological polar surface area (TPSA) is 49.7 Å². The van der Waals surface area contributed by atoms with Gasteiger partial charge in [0.15, 0.2) is 11.5 Å². The van der Waals surface area contributed by atoms with Crippen LogP contribution in [-0.2, 0) is 0 Å². The molecule has 0 atom stereocenters. The van der Waals surface area contributed by atoms with E-state index in [0.29, 0.717) is 5.75 Å². The third-order valence-corrected chi connectivity index (χ3v) is 3.79. The molecular formula is C22H22O3. The summed E-state index contributed by atoms with van der Waals surface area (Å²) in [6, 6.07) is 20.7. The molecule has 0 heterocycles. The maximum absolute atomic E-state index is 10.0. The van der Waals surface area contributed by atoms with Crippen LogP contribution in [0, 0.1) is 0 Å². The number of phenols is 2. The highest BCUT2D eigenvalue weighted by Gasteiger charge is 2.15. The fourth-order valence-electron chi connectivity index (χ4n) is 2.61. The number of aromatic hydroxyl groups is 2. The van der Waals surface area contributed by atoms with Gasteiger partial charge in [-0.05, 0) is 67.3 Å². The first-order valence-electron chi connectivity index (χ1n) is 8.24. The van der Waals surface area contributed by atoms with Crippen molar-refractivity contribution in [3.63, 3.8) is 0 Å². The van der Waals surface area contributed by atoms with E-state index in [4.69, 9.17) is 4.74 Å². The van der Waals surface area contributed by atoms with Crippen LogP contribution in [0.1, 0.15) is 20.8 Å². The Morgan fingerprint density at radius 3 is 1.60 bits per heavy atom. The molecule has 25 heavy (non-hydrogen) atoms. The second-order valence-electron chi connectivity index (χ2n) is 7.02. The zero-order valence-electron chi connectivity index (χ0n) is 14.7. The molecule has 3 heteroatoms. The van der Waals surface area contributed by atoms with Crippen LogP contribution in [0.2, 0.25) is 0 Å². The molecule has 0 spiro atoms. The Hall–Kier alpha value is -2.94. The molecule has 3 aromatic rings. The van der Waals surface area contributed by atoms with Crippen LogP contribution in [0.25, 0.3) is 22.3 Å². The Morgan fingerprint density at radius 2 is 1.08 bits per heavy atom. The molecule has 3 rings (SSSR count). The van der Waals surface area contributed by atoms with Crippen molar-refractivity contribution < 1.29 is 14.9 Å². The van der Waals surface area contributed by atoms with Crippen molar-refractivity contribution in [2.45, 2.75) is 26.4 Å². The lowest BCUT2D eigenvalue weighted by Crippen LogP contribution is -2.22. The predicted octanol–water partition coefficient (Wildman–Crippen LogP) is 5.61. The minimum absolute atomic E-state index is 0.138. The molecule has 0 aliphatic carbocycles. The summed E-state index contributed by atoms with van der Waals surface area (Å²) in [6.07, 6.45) is 0. The van der Waals surface area contributed by atoms with E-state index in [2.05, 4.69) is 0 Å². The number of phenolic OH excluding ortho intramolecular Hbond substituents is 2. The molecule has 0 fully saturated rings. The van der Waals surface area contributed by atoms with Gasteiger partial charge in [-0.25, -0.2) is 0 Å². The highest BCUT2D eigenvalue weighted by atomic mass is 16.5. The van der Waals surface area contributed by atoms with Gasteiger partial charge in [-0.1, -0.05) is 42.5 Å². The number of hydrogen-bond donors (Lipinski definition) is 2. The highest BCUT2D eigenvalue weighted by molar-refractivity contribution is 5.72. The first kappa shape index (κ1) is 16.9. The third-order valence-electron chi connectivity index (χ3n) is 3.79. The van der Waals surface area contributed by atoms with Crippen LogP contribution >= 0.6 is 0 Å². The summed E-state index contributed by atoms with van der Waals surface area (Å²) < 4.78 is 5.83. The summed E-state index contributed by atoms with van der Waals surface area (Å²) in [4.78, 5) is 0. The van der Waals surface area contributed by atoms with E-state index < -0.39 is 0 Å². The second kappa shape index (κ2) is 6.52. The van der Waals surface area contributed by atoms with E-state index in [-0.39, 0.29) is 17.1 Å². The normalized spacial score (nSPS) is 11.3. The van der Waals surface area contributed by atoms with Crippen LogP contribution in [0.4, 0.5) is 0 Å². The van der Waals surface area contributed by atoms with Gasteiger partial charge in [-0.2, -0.15) is 0 Å². The van der Waals surface area contributed by atoms with Crippen molar-refractivity contribution in [3.05, 3.63) is 66.7 Å². The van der Waals surface area contributed by atoms with E-state index in [1.54, 1.807) is 18.2 Å². The van der Waals surface area contributed by atoms with Crippen molar-refractivity contribution >= 4 is 0 Å². The van der Waals surface area contributed by atoms with E-state index in [9.17, 15) is 10.2 Å². The highest BCUT2D eigenvalue weighted by Crippen LogP contribution is 2.34. The lowest BCUT2D eigenvalue weighted by molar-refractivity contribution is 0.126. The van der Waals surface area contributed by atoms with Crippen molar-refractivity contribution in [1.82, 2.24) is 0 Å². The second-order valence-corrected chi connectivity index (χ2v) is 7.02. The summed E-state index contributed by atoms with van der Waals surface area (Å²) in [5, 5.41) is 19.4. The largest absolute Gasteiger partial charge is 0.508 e. The molecule has 0 radical (unpaired) electrons. The van der Waals surface area contributed by atoms with Crippen LogP contribution in [-0.4, -0.2) is 15.8 Å². The first-order valence-corrected chi connectivity index (χ1v) is 8.24. The number of ether oxygens (including phenoxy) is 1. The van der Waals surface area contributed by atoms with Crippen molar-refractivity contribution in [2.24, 2.45) is 0 Å². The van der Waals surface area contributed by atoms with E-state index in [1.807, 2.05) is 69.3 Å². The zero-order valence-corrected chi connectivity index (χ0v) is 14.7. The molecule has 0 aliphatic heterocycles. The minimum Gasteiger partial charge on any atom is -0.508 e. The number of benzene rings is 3. The number of rotatable bonds is 3. The molecule has 0 amide bonds. The summed E-state index contributed by atoms with van der Waals surface area (Å²) in [5.41, 5.74) is 3.77. The van der Waals surface area contributed by atoms with Gasteiger partial charge >= 0.3 is 0 Å².